The summed E-state index contributed by atoms with van der Waals surface area (Å²) < 4.78 is 50.3. The molecule has 1 amide bonds. The van der Waals surface area contributed by atoms with E-state index in [0.717, 1.165) is 18.4 Å². The molecule has 142 valence electrons. The van der Waals surface area contributed by atoms with E-state index in [1.807, 2.05) is 0 Å². The van der Waals surface area contributed by atoms with Gasteiger partial charge in [0.2, 0.25) is 5.95 Å². The van der Waals surface area contributed by atoms with E-state index in [2.05, 4.69) is 20.8 Å². The average molecular weight is 422 g/mol. The second kappa shape index (κ2) is 7.29. The third-order valence-electron chi connectivity index (χ3n) is 3.33. The van der Waals surface area contributed by atoms with Gasteiger partial charge in [-0.15, -0.1) is 0 Å². The number of hydrogen-bond donors (Lipinski definition) is 1. The standard InChI is InChI=1S/C13H16ClN5O5S2/c1-4-7-26(23,24)11-9(25(3,21)22)6-5-8(10(11)14)12(20)15-13-16-17-18-19(13)2/h5-6H,4,7H2,1-3H3,(H,15,16,18,20). The monoisotopic (exact) mass is 421 g/mol. The predicted octanol–water partition coefficient (Wildman–Crippen LogP) is 0.703. The first kappa shape index (κ1) is 20.3. The van der Waals surface area contributed by atoms with Gasteiger partial charge in [0.05, 0.1) is 21.2 Å². The average Bonchev–Trinajstić information content (AvgIpc) is 2.90. The molecular weight excluding hydrogens is 406 g/mol. The molecule has 0 radical (unpaired) electrons. The van der Waals surface area contributed by atoms with E-state index in [1.54, 1.807) is 6.92 Å². The molecule has 1 aromatic carbocycles. The lowest BCUT2D eigenvalue weighted by atomic mass is 10.2. The molecule has 1 heterocycles. The first-order valence-corrected chi connectivity index (χ1v) is 11.2. The highest BCUT2D eigenvalue weighted by Crippen LogP contribution is 2.33. The Morgan fingerprint density at radius 1 is 1.27 bits per heavy atom. The fourth-order valence-corrected chi connectivity index (χ4v) is 5.92. The zero-order valence-corrected chi connectivity index (χ0v) is 16.5. The highest BCUT2D eigenvalue weighted by molar-refractivity contribution is 7.94. The number of carbonyl (C=O) groups excluding carboxylic acids is 1. The lowest BCUT2D eigenvalue weighted by Gasteiger charge is -2.14. The van der Waals surface area contributed by atoms with Crippen molar-refractivity contribution in [3.8, 4) is 0 Å². The molecule has 0 aliphatic carbocycles. The van der Waals surface area contributed by atoms with Gasteiger partial charge >= 0.3 is 0 Å². The van der Waals surface area contributed by atoms with Gasteiger partial charge in [0, 0.05) is 13.3 Å². The molecule has 0 fully saturated rings. The molecule has 0 saturated carbocycles. The van der Waals surface area contributed by atoms with Crippen molar-refractivity contribution in [1.29, 1.82) is 0 Å². The molecule has 0 aliphatic heterocycles. The molecule has 0 atom stereocenters. The fraction of sp³-hybridized carbons (Fsp3) is 0.385. The Balaban J connectivity index is 2.64. The molecule has 0 unspecified atom stereocenters. The molecule has 0 aliphatic rings. The van der Waals surface area contributed by atoms with E-state index in [0.29, 0.717) is 0 Å². The van der Waals surface area contributed by atoms with Gasteiger partial charge in [-0.2, -0.15) is 0 Å². The number of anilines is 1. The van der Waals surface area contributed by atoms with Crippen LogP contribution in [0, 0.1) is 0 Å². The maximum Gasteiger partial charge on any atom is 0.259 e. The molecule has 10 nitrogen and oxygen atoms in total. The van der Waals surface area contributed by atoms with Crippen molar-refractivity contribution in [1.82, 2.24) is 20.2 Å². The maximum absolute atomic E-state index is 12.5. The number of halogens is 1. The SMILES string of the molecule is CCCS(=O)(=O)c1c(S(C)(=O)=O)ccc(C(=O)Nc2nnnn2C)c1Cl. The summed E-state index contributed by atoms with van der Waals surface area (Å²) in [5.41, 5.74) is -0.211. The van der Waals surface area contributed by atoms with Crippen molar-refractivity contribution in [2.75, 3.05) is 17.3 Å². The molecule has 26 heavy (non-hydrogen) atoms. The molecule has 0 spiro atoms. The third kappa shape index (κ3) is 4.02. The second-order valence-electron chi connectivity index (χ2n) is 5.43. The van der Waals surface area contributed by atoms with Gasteiger partial charge in [-0.3, -0.25) is 10.1 Å². The Kier molecular flexibility index (Phi) is 5.68. The van der Waals surface area contributed by atoms with E-state index >= 15 is 0 Å². The number of sulfone groups is 2. The first-order chi connectivity index (χ1) is 12.0. The first-order valence-electron chi connectivity index (χ1n) is 7.28. The smallest absolute Gasteiger partial charge is 0.259 e. The highest BCUT2D eigenvalue weighted by atomic mass is 35.5. The van der Waals surface area contributed by atoms with Crippen LogP contribution in [0.5, 0.6) is 0 Å². The van der Waals surface area contributed by atoms with E-state index < -0.39 is 40.4 Å². The largest absolute Gasteiger partial charge is 0.289 e. The molecule has 0 saturated heterocycles. The Labute approximate surface area is 155 Å². The minimum absolute atomic E-state index is 0.0104. The molecular formula is C13H16ClN5O5S2. The number of tetrazole rings is 1. The summed E-state index contributed by atoms with van der Waals surface area (Å²) in [7, 11) is -6.42. The van der Waals surface area contributed by atoms with Crippen molar-refractivity contribution in [3.63, 3.8) is 0 Å². The Morgan fingerprint density at radius 3 is 2.42 bits per heavy atom. The number of hydrogen-bond acceptors (Lipinski definition) is 8. The summed E-state index contributed by atoms with van der Waals surface area (Å²) >= 11 is 6.15. The van der Waals surface area contributed by atoms with E-state index in [1.165, 1.54) is 11.7 Å². The zero-order valence-electron chi connectivity index (χ0n) is 14.1. The number of aromatic nitrogens is 4. The van der Waals surface area contributed by atoms with Crippen LogP contribution in [0.25, 0.3) is 0 Å². The summed E-state index contributed by atoms with van der Waals surface area (Å²) in [5.74, 6) is -1.08. The molecule has 13 heteroatoms. The van der Waals surface area contributed by atoms with E-state index in [4.69, 9.17) is 11.6 Å². The van der Waals surface area contributed by atoms with Crippen LogP contribution < -0.4 is 5.32 Å². The lowest BCUT2D eigenvalue weighted by molar-refractivity contribution is 0.102. The summed E-state index contributed by atoms with van der Waals surface area (Å²) in [6.07, 6.45) is 1.12. The van der Waals surface area contributed by atoms with E-state index in [-0.39, 0.29) is 23.7 Å². The van der Waals surface area contributed by atoms with Gasteiger partial charge in [0.1, 0.15) is 4.90 Å². The van der Waals surface area contributed by atoms with Crippen molar-refractivity contribution >= 4 is 43.1 Å². The summed E-state index contributed by atoms with van der Waals surface area (Å²) in [6.45, 7) is 1.63. The quantitative estimate of drug-likeness (QED) is 0.718. The van der Waals surface area contributed by atoms with Gasteiger partial charge in [-0.05, 0) is 29.0 Å². The third-order valence-corrected chi connectivity index (χ3v) is 7.10. The zero-order chi connectivity index (χ0) is 19.7. The van der Waals surface area contributed by atoms with Crippen LogP contribution in [0.1, 0.15) is 23.7 Å². The number of aryl methyl sites for hydroxylation is 1. The van der Waals surface area contributed by atoms with Crippen LogP contribution >= 0.6 is 11.6 Å². The fourth-order valence-electron chi connectivity index (χ4n) is 2.17. The van der Waals surface area contributed by atoms with E-state index in [9.17, 15) is 21.6 Å². The van der Waals surface area contributed by atoms with Crippen LogP contribution in [0.3, 0.4) is 0 Å². The van der Waals surface area contributed by atoms with Crippen molar-refractivity contribution < 1.29 is 21.6 Å². The normalized spacial score (nSPS) is 12.2. The van der Waals surface area contributed by atoms with Crippen LogP contribution in [-0.2, 0) is 26.7 Å². The molecule has 1 N–H and O–H groups in total. The van der Waals surface area contributed by atoms with Gasteiger partial charge < -0.3 is 0 Å². The number of rotatable bonds is 6. The number of carbonyl (C=O) groups is 1. The summed E-state index contributed by atoms with van der Waals surface area (Å²) in [5, 5.41) is 12.4. The van der Waals surface area contributed by atoms with Crippen molar-refractivity contribution in [2.45, 2.75) is 23.1 Å². The number of nitrogens with one attached hydrogen (secondary N) is 1. The van der Waals surface area contributed by atoms with Gasteiger partial charge in [-0.25, -0.2) is 21.5 Å². The molecule has 1 aromatic heterocycles. The maximum atomic E-state index is 12.5. The number of benzene rings is 1. The Bertz CT molecular complexity index is 1060. The predicted molar refractivity (Wildman–Crippen MR) is 93.7 cm³/mol. The van der Waals surface area contributed by atoms with Crippen molar-refractivity contribution in [3.05, 3.63) is 22.7 Å². The minimum atomic E-state index is -4.02. The Hall–Kier alpha value is -2.05. The molecule has 2 rings (SSSR count). The lowest BCUT2D eigenvalue weighted by Crippen LogP contribution is -2.19. The number of nitrogens with zero attached hydrogens (tertiary/aromatic N) is 4. The van der Waals surface area contributed by atoms with Crippen LogP contribution in [-0.4, -0.2) is 55.0 Å². The van der Waals surface area contributed by atoms with Gasteiger partial charge in [0.15, 0.2) is 19.7 Å². The molecule has 2 aromatic rings. The summed E-state index contributed by atoms with van der Waals surface area (Å²) in [4.78, 5) is 11.4. The van der Waals surface area contributed by atoms with Crippen molar-refractivity contribution in [2.24, 2.45) is 7.05 Å². The Morgan fingerprint density at radius 2 is 1.92 bits per heavy atom. The van der Waals surface area contributed by atoms with Crippen LogP contribution in [0.4, 0.5) is 5.95 Å². The number of amides is 1. The minimum Gasteiger partial charge on any atom is -0.289 e. The van der Waals surface area contributed by atoms with Gasteiger partial charge in [-0.1, -0.05) is 23.6 Å². The highest BCUT2D eigenvalue weighted by Gasteiger charge is 2.30. The summed E-state index contributed by atoms with van der Waals surface area (Å²) in [6, 6.07) is 2.19. The molecule has 0 bridgehead atoms. The van der Waals surface area contributed by atoms with Crippen LogP contribution in [0.15, 0.2) is 21.9 Å². The second-order valence-corrected chi connectivity index (χ2v) is 9.83. The van der Waals surface area contributed by atoms with Gasteiger partial charge in [0.25, 0.3) is 5.91 Å². The van der Waals surface area contributed by atoms with Crippen LogP contribution in [0.2, 0.25) is 5.02 Å². The topological polar surface area (TPSA) is 141 Å².